The Morgan fingerprint density at radius 3 is 2.73 bits per heavy atom. The number of nitrogens with one attached hydrogen (secondary N) is 1. The zero-order valence-electron chi connectivity index (χ0n) is 13.6. The maximum Gasteiger partial charge on any atom is 0.234 e. The highest BCUT2D eigenvalue weighted by atomic mass is 16.5. The van der Waals surface area contributed by atoms with E-state index in [2.05, 4.69) is 10.2 Å². The summed E-state index contributed by atoms with van der Waals surface area (Å²) in [5, 5.41) is 13.0. The first-order chi connectivity index (χ1) is 10.7. The van der Waals surface area contributed by atoms with Crippen molar-refractivity contribution < 1.29 is 14.6 Å². The third kappa shape index (κ3) is 3.63. The molecule has 3 fully saturated rings. The van der Waals surface area contributed by atoms with Crippen molar-refractivity contribution in [2.45, 2.75) is 51.0 Å². The van der Waals surface area contributed by atoms with Crippen molar-refractivity contribution in [3.8, 4) is 0 Å². The first kappa shape index (κ1) is 16.2. The second kappa shape index (κ2) is 7.28. The lowest BCUT2D eigenvalue weighted by molar-refractivity contribution is -0.122. The quantitative estimate of drug-likeness (QED) is 0.765. The van der Waals surface area contributed by atoms with Crippen molar-refractivity contribution in [3.63, 3.8) is 0 Å². The van der Waals surface area contributed by atoms with Crippen molar-refractivity contribution in [3.05, 3.63) is 0 Å². The van der Waals surface area contributed by atoms with Gasteiger partial charge in [0, 0.05) is 37.1 Å². The maximum absolute atomic E-state index is 12.3. The minimum atomic E-state index is -0.0408. The lowest BCUT2D eigenvalue weighted by Crippen LogP contribution is -2.43. The van der Waals surface area contributed by atoms with Crippen LogP contribution in [0, 0.1) is 11.3 Å². The van der Waals surface area contributed by atoms with Gasteiger partial charge in [-0.15, -0.1) is 0 Å². The molecule has 126 valence electrons. The zero-order valence-corrected chi connectivity index (χ0v) is 13.6. The van der Waals surface area contributed by atoms with E-state index in [9.17, 15) is 9.90 Å². The van der Waals surface area contributed by atoms with Crippen molar-refractivity contribution in [2.24, 2.45) is 11.3 Å². The van der Waals surface area contributed by atoms with Gasteiger partial charge in [-0.1, -0.05) is 25.7 Å². The number of rotatable bonds is 4. The first-order valence-electron chi connectivity index (χ1n) is 8.92. The lowest BCUT2D eigenvalue weighted by Gasteiger charge is -2.36. The number of hydrogen-bond acceptors (Lipinski definition) is 4. The van der Waals surface area contributed by atoms with Crippen LogP contribution in [0.15, 0.2) is 0 Å². The van der Waals surface area contributed by atoms with E-state index in [1.165, 1.54) is 25.7 Å². The predicted octanol–water partition coefficient (Wildman–Crippen LogP) is 1.16. The van der Waals surface area contributed by atoms with Gasteiger partial charge < -0.3 is 15.2 Å². The Morgan fingerprint density at radius 1 is 1.27 bits per heavy atom. The van der Waals surface area contributed by atoms with E-state index in [1.54, 1.807) is 0 Å². The van der Waals surface area contributed by atoms with Crippen LogP contribution in [0.5, 0.6) is 0 Å². The van der Waals surface area contributed by atoms with Crippen LogP contribution in [0.25, 0.3) is 0 Å². The topological polar surface area (TPSA) is 61.8 Å². The monoisotopic (exact) mass is 310 g/mol. The van der Waals surface area contributed by atoms with E-state index in [0.29, 0.717) is 18.5 Å². The molecule has 1 aliphatic carbocycles. The van der Waals surface area contributed by atoms with Gasteiger partial charge in [-0.25, -0.2) is 0 Å². The van der Waals surface area contributed by atoms with Crippen molar-refractivity contribution in [2.75, 3.05) is 39.5 Å². The molecule has 1 saturated carbocycles. The van der Waals surface area contributed by atoms with Gasteiger partial charge in [0.15, 0.2) is 0 Å². The summed E-state index contributed by atoms with van der Waals surface area (Å²) < 4.78 is 5.56. The third-order valence-corrected chi connectivity index (χ3v) is 5.85. The van der Waals surface area contributed by atoms with Gasteiger partial charge in [-0.2, -0.15) is 0 Å². The van der Waals surface area contributed by atoms with Gasteiger partial charge in [0.2, 0.25) is 5.91 Å². The van der Waals surface area contributed by atoms with Crippen molar-refractivity contribution in [1.29, 1.82) is 0 Å². The minimum absolute atomic E-state index is 0.0408. The number of carbonyl (C=O) groups excluding carboxylic acids is 1. The third-order valence-electron chi connectivity index (χ3n) is 5.85. The fourth-order valence-electron chi connectivity index (χ4n) is 4.44. The van der Waals surface area contributed by atoms with Crippen LogP contribution in [-0.4, -0.2) is 61.4 Å². The molecule has 0 aromatic carbocycles. The van der Waals surface area contributed by atoms with Crippen LogP contribution in [-0.2, 0) is 9.53 Å². The van der Waals surface area contributed by atoms with Gasteiger partial charge >= 0.3 is 0 Å². The molecule has 2 aliphatic heterocycles. The van der Waals surface area contributed by atoms with Gasteiger partial charge in [-0.05, 0) is 19.3 Å². The summed E-state index contributed by atoms with van der Waals surface area (Å²) in [7, 11) is 0. The van der Waals surface area contributed by atoms with Crippen LogP contribution in [0.1, 0.15) is 44.9 Å². The Kier molecular flexibility index (Phi) is 5.37. The molecule has 3 aliphatic rings. The number of aliphatic hydroxyl groups is 1. The lowest BCUT2D eigenvalue weighted by atomic mass is 9.75. The van der Waals surface area contributed by atoms with E-state index >= 15 is 0 Å². The van der Waals surface area contributed by atoms with Gasteiger partial charge in [-0.3, -0.25) is 9.69 Å². The zero-order chi connectivity index (χ0) is 15.4. The Labute approximate surface area is 133 Å². The molecule has 2 atom stereocenters. The van der Waals surface area contributed by atoms with Gasteiger partial charge in [0.25, 0.3) is 0 Å². The molecule has 5 nitrogen and oxygen atoms in total. The number of nitrogens with zero attached hydrogens (tertiary/aromatic N) is 1. The van der Waals surface area contributed by atoms with E-state index < -0.39 is 0 Å². The highest BCUT2D eigenvalue weighted by Crippen LogP contribution is 2.41. The van der Waals surface area contributed by atoms with Crippen LogP contribution in [0.4, 0.5) is 0 Å². The molecular weight excluding hydrogens is 280 g/mol. The smallest absolute Gasteiger partial charge is 0.234 e. The molecule has 0 radical (unpaired) electrons. The summed E-state index contributed by atoms with van der Waals surface area (Å²) >= 11 is 0. The SMILES string of the molecule is O=C(CN1C[C@@H]2COCC[C@]2(CO)C1)NC1CCCCCC1. The Balaban J connectivity index is 1.49. The molecule has 5 heteroatoms. The normalized spacial score (nSPS) is 34.1. The van der Waals surface area contributed by atoms with E-state index in [-0.39, 0.29) is 17.9 Å². The molecule has 0 aromatic heterocycles. The van der Waals surface area contributed by atoms with E-state index in [4.69, 9.17) is 4.74 Å². The summed E-state index contributed by atoms with van der Waals surface area (Å²) in [6.07, 6.45) is 8.25. The number of carbonyl (C=O) groups is 1. The number of fused-ring (bicyclic) bond motifs is 1. The summed E-state index contributed by atoms with van der Waals surface area (Å²) in [5.41, 5.74) is -0.0408. The molecule has 3 rings (SSSR count). The number of likely N-dealkylation sites (tertiary alicyclic amines) is 1. The Hall–Kier alpha value is -0.650. The van der Waals surface area contributed by atoms with Gasteiger partial charge in [0.05, 0.1) is 19.8 Å². The molecular formula is C17H30N2O3. The second-order valence-electron chi connectivity index (χ2n) is 7.47. The summed E-state index contributed by atoms with van der Waals surface area (Å²) in [5.74, 6) is 0.525. The molecule has 0 aromatic rings. The van der Waals surface area contributed by atoms with Crippen LogP contribution >= 0.6 is 0 Å². The second-order valence-corrected chi connectivity index (χ2v) is 7.47. The fraction of sp³-hybridized carbons (Fsp3) is 0.941. The maximum atomic E-state index is 12.3. The number of aliphatic hydroxyl groups excluding tert-OH is 1. The summed E-state index contributed by atoms with van der Waals surface area (Å²) in [4.78, 5) is 14.5. The standard InChI is InChI=1S/C17H30N2O3/c20-13-17-7-8-22-11-14(17)9-19(12-17)10-16(21)18-15-5-3-1-2-4-6-15/h14-15,20H,1-13H2,(H,18,21)/t14-,17-/m1/s1. The average Bonchev–Trinajstić information content (AvgIpc) is 2.68. The largest absolute Gasteiger partial charge is 0.396 e. The first-order valence-corrected chi connectivity index (χ1v) is 8.92. The highest BCUT2D eigenvalue weighted by molar-refractivity contribution is 5.78. The molecule has 0 spiro atoms. The summed E-state index contributed by atoms with van der Waals surface area (Å²) in [6, 6.07) is 0.370. The van der Waals surface area contributed by atoms with Crippen LogP contribution in [0.3, 0.4) is 0 Å². The Bertz CT molecular complexity index is 382. The predicted molar refractivity (Wildman–Crippen MR) is 84.5 cm³/mol. The molecule has 1 amide bonds. The molecule has 0 unspecified atom stereocenters. The number of ether oxygens (including phenoxy) is 1. The number of amides is 1. The minimum Gasteiger partial charge on any atom is -0.396 e. The van der Waals surface area contributed by atoms with E-state index in [0.717, 1.165) is 45.6 Å². The molecule has 2 N–H and O–H groups in total. The van der Waals surface area contributed by atoms with Crippen LogP contribution in [0.2, 0.25) is 0 Å². The molecule has 22 heavy (non-hydrogen) atoms. The molecule has 2 heterocycles. The molecule has 0 bridgehead atoms. The fourth-order valence-corrected chi connectivity index (χ4v) is 4.44. The average molecular weight is 310 g/mol. The summed E-state index contributed by atoms with van der Waals surface area (Å²) in [6.45, 7) is 3.84. The Morgan fingerprint density at radius 2 is 2.05 bits per heavy atom. The van der Waals surface area contributed by atoms with Crippen LogP contribution < -0.4 is 5.32 Å². The van der Waals surface area contributed by atoms with E-state index in [1.807, 2.05) is 0 Å². The highest BCUT2D eigenvalue weighted by Gasteiger charge is 2.48. The van der Waals surface area contributed by atoms with Gasteiger partial charge in [0.1, 0.15) is 0 Å². The van der Waals surface area contributed by atoms with Crippen molar-refractivity contribution in [1.82, 2.24) is 10.2 Å². The molecule has 2 saturated heterocycles. The van der Waals surface area contributed by atoms with Crippen molar-refractivity contribution >= 4 is 5.91 Å². The number of hydrogen-bond donors (Lipinski definition) is 2.